The molecule has 1 aliphatic rings. The summed E-state index contributed by atoms with van der Waals surface area (Å²) in [6.07, 6.45) is 1.01. The molecule has 1 saturated heterocycles. The molecule has 2 amide bonds. The molecule has 0 aromatic rings. The number of hydrogen-bond acceptors (Lipinski definition) is 2. The van der Waals surface area contributed by atoms with Gasteiger partial charge in [-0.15, -0.1) is 0 Å². The van der Waals surface area contributed by atoms with Crippen molar-refractivity contribution in [1.29, 1.82) is 0 Å². The maximum atomic E-state index is 11.5. The molecule has 0 bridgehead atoms. The molecule has 0 unspecified atom stereocenters. The smallest absolute Gasteiger partial charge is 0.317 e. The SMILES string of the molecule is COCC(C)(C)N1CCCNC1=O. The topological polar surface area (TPSA) is 41.6 Å². The summed E-state index contributed by atoms with van der Waals surface area (Å²) in [5.41, 5.74) is -0.209. The molecule has 1 aliphatic heterocycles. The maximum Gasteiger partial charge on any atom is 0.317 e. The average molecular weight is 186 g/mol. The predicted molar refractivity (Wildman–Crippen MR) is 50.7 cm³/mol. The average Bonchev–Trinajstić information content (AvgIpc) is 2.04. The van der Waals surface area contributed by atoms with Crippen LogP contribution in [-0.2, 0) is 4.74 Å². The van der Waals surface area contributed by atoms with Gasteiger partial charge in [0.1, 0.15) is 0 Å². The highest BCUT2D eigenvalue weighted by molar-refractivity contribution is 5.75. The third-order valence-electron chi connectivity index (χ3n) is 2.31. The first-order valence-corrected chi connectivity index (χ1v) is 4.62. The Hall–Kier alpha value is -0.770. The standard InChI is InChI=1S/C9H18N2O2/c1-9(2,7-13-3)11-6-4-5-10-8(11)12/h4-7H2,1-3H3,(H,10,12). The summed E-state index contributed by atoms with van der Waals surface area (Å²) in [7, 11) is 1.66. The summed E-state index contributed by atoms with van der Waals surface area (Å²) < 4.78 is 5.09. The van der Waals surface area contributed by atoms with Gasteiger partial charge in [0.25, 0.3) is 0 Å². The quantitative estimate of drug-likeness (QED) is 0.709. The minimum atomic E-state index is -0.209. The predicted octanol–water partition coefficient (Wildman–Crippen LogP) is 0.827. The summed E-state index contributed by atoms with van der Waals surface area (Å²) in [4.78, 5) is 13.3. The summed E-state index contributed by atoms with van der Waals surface area (Å²) in [5, 5.41) is 2.83. The highest BCUT2D eigenvalue weighted by Crippen LogP contribution is 2.17. The lowest BCUT2D eigenvalue weighted by molar-refractivity contribution is 0.0486. The Bertz CT molecular complexity index is 192. The number of urea groups is 1. The molecule has 1 N–H and O–H groups in total. The van der Waals surface area contributed by atoms with Crippen LogP contribution in [0, 0.1) is 0 Å². The fourth-order valence-corrected chi connectivity index (χ4v) is 1.64. The van der Waals surface area contributed by atoms with Gasteiger partial charge < -0.3 is 15.0 Å². The number of hydrogen-bond donors (Lipinski definition) is 1. The van der Waals surface area contributed by atoms with Gasteiger partial charge in [0.2, 0.25) is 0 Å². The lowest BCUT2D eigenvalue weighted by Crippen LogP contribution is -2.57. The van der Waals surface area contributed by atoms with Crippen molar-refractivity contribution in [3.8, 4) is 0 Å². The second-order valence-corrected chi connectivity index (χ2v) is 3.98. The van der Waals surface area contributed by atoms with E-state index in [0.717, 1.165) is 19.5 Å². The van der Waals surface area contributed by atoms with Crippen LogP contribution in [0.1, 0.15) is 20.3 Å². The van der Waals surface area contributed by atoms with E-state index in [-0.39, 0.29) is 11.6 Å². The molecule has 0 atom stereocenters. The zero-order valence-electron chi connectivity index (χ0n) is 8.59. The van der Waals surface area contributed by atoms with Crippen LogP contribution in [0.25, 0.3) is 0 Å². The van der Waals surface area contributed by atoms with Crippen molar-refractivity contribution in [1.82, 2.24) is 10.2 Å². The van der Waals surface area contributed by atoms with Crippen LogP contribution in [0.3, 0.4) is 0 Å². The van der Waals surface area contributed by atoms with Crippen molar-refractivity contribution >= 4 is 6.03 Å². The minimum Gasteiger partial charge on any atom is -0.382 e. The van der Waals surface area contributed by atoms with Crippen LogP contribution in [0.4, 0.5) is 4.79 Å². The number of carbonyl (C=O) groups excluding carboxylic acids is 1. The van der Waals surface area contributed by atoms with Crippen LogP contribution in [-0.4, -0.2) is 43.3 Å². The van der Waals surface area contributed by atoms with E-state index in [0.29, 0.717) is 6.61 Å². The Morgan fingerprint density at radius 2 is 2.31 bits per heavy atom. The highest BCUT2D eigenvalue weighted by Gasteiger charge is 2.32. The number of carbonyl (C=O) groups is 1. The molecule has 0 aliphatic carbocycles. The van der Waals surface area contributed by atoms with Gasteiger partial charge in [-0.05, 0) is 20.3 Å². The van der Waals surface area contributed by atoms with Crippen molar-refractivity contribution in [3.05, 3.63) is 0 Å². The Morgan fingerprint density at radius 1 is 1.62 bits per heavy atom. The molecule has 4 nitrogen and oxygen atoms in total. The van der Waals surface area contributed by atoms with Gasteiger partial charge in [-0.25, -0.2) is 4.79 Å². The first kappa shape index (κ1) is 10.3. The summed E-state index contributed by atoms with van der Waals surface area (Å²) in [6, 6.07) is 0.0216. The number of methoxy groups -OCH3 is 1. The van der Waals surface area contributed by atoms with Crippen molar-refractivity contribution in [2.45, 2.75) is 25.8 Å². The first-order valence-electron chi connectivity index (χ1n) is 4.62. The van der Waals surface area contributed by atoms with Gasteiger partial charge in [-0.3, -0.25) is 0 Å². The normalized spacial score (nSPS) is 18.7. The highest BCUT2D eigenvalue weighted by atomic mass is 16.5. The fourth-order valence-electron chi connectivity index (χ4n) is 1.64. The van der Waals surface area contributed by atoms with Crippen LogP contribution in [0.5, 0.6) is 0 Å². The van der Waals surface area contributed by atoms with Gasteiger partial charge >= 0.3 is 6.03 Å². The summed E-state index contributed by atoms with van der Waals surface area (Å²) in [5.74, 6) is 0. The molecule has 0 aromatic heterocycles. The van der Waals surface area contributed by atoms with E-state index in [1.807, 2.05) is 18.7 Å². The number of nitrogens with zero attached hydrogens (tertiary/aromatic N) is 1. The molecular weight excluding hydrogens is 168 g/mol. The van der Waals surface area contributed by atoms with E-state index < -0.39 is 0 Å². The second kappa shape index (κ2) is 3.96. The molecule has 1 heterocycles. The van der Waals surface area contributed by atoms with E-state index in [9.17, 15) is 4.79 Å². The number of ether oxygens (including phenoxy) is 1. The fraction of sp³-hybridized carbons (Fsp3) is 0.889. The van der Waals surface area contributed by atoms with Crippen LogP contribution in [0.2, 0.25) is 0 Å². The van der Waals surface area contributed by atoms with Crippen molar-refractivity contribution in [2.75, 3.05) is 26.8 Å². The monoisotopic (exact) mass is 186 g/mol. The van der Waals surface area contributed by atoms with Gasteiger partial charge in [0.15, 0.2) is 0 Å². The molecule has 0 aromatic carbocycles. The third-order valence-corrected chi connectivity index (χ3v) is 2.31. The Balaban J connectivity index is 2.61. The Kier molecular flexibility index (Phi) is 3.14. The first-order chi connectivity index (χ1) is 6.08. The molecule has 1 fully saturated rings. The van der Waals surface area contributed by atoms with Crippen molar-refractivity contribution in [2.24, 2.45) is 0 Å². The molecule has 0 saturated carbocycles. The van der Waals surface area contributed by atoms with E-state index in [4.69, 9.17) is 4.74 Å². The van der Waals surface area contributed by atoms with Crippen molar-refractivity contribution in [3.63, 3.8) is 0 Å². The van der Waals surface area contributed by atoms with Crippen LogP contribution in [0.15, 0.2) is 0 Å². The number of nitrogens with one attached hydrogen (secondary N) is 1. The lowest BCUT2D eigenvalue weighted by Gasteiger charge is -2.40. The zero-order valence-corrected chi connectivity index (χ0v) is 8.59. The van der Waals surface area contributed by atoms with Gasteiger partial charge in [0.05, 0.1) is 12.1 Å². The molecule has 76 valence electrons. The van der Waals surface area contributed by atoms with Crippen LogP contribution >= 0.6 is 0 Å². The largest absolute Gasteiger partial charge is 0.382 e. The molecule has 0 radical (unpaired) electrons. The van der Waals surface area contributed by atoms with E-state index >= 15 is 0 Å². The Labute approximate surface area is 79.2 Å². The van der Waals surface area contributed by atoms with Crippen molar-refractivity contribution < 1.29 is 9.53 Å². The van der Waals surface area contributed by atoms with E-state index in [1.165, 1.54) is 0 Å². The Morgan fingerprint density at radius 3 is 2.85 bits per heavy atom. The third kappa shape index (κ3) is 2.34. The number of amides is 2. The molecule has 13 heavy (non-hydrogen) atoms. The van der Waals surface area contributed by atoms with Crippen LogP contribution < -0.4 is 5.32 Å². The zero-order chi connectivity index (χ0) is 9.90. The van der Waals surface area contributed by atoms with Gasteiger partial charge in [-0.2, -0.15) is 0 Å². The summed E-state index contributed by atoms with van der Waals surface area (Å²) >= 11 is 0. The molecule has 1 rings (SSSR count). The molecule has 0 spiro atoms. The van der Waals surface area contributed by atoms with Gasteiger partial charge in [-0.1, -0.05) is 0 Å². The second-order valence-electron chi connectivity index (χ2n) is 3.98. The number of rotatable bonds is 3. The van der Waals surface area contributed by atoms with Gasteiger partial charge in [0, 0.05) is 20.2 Å². The minimum absolute atomic E-state index is 0.0216. The maximum absolute atomic E-state index is 11.5. The molecule has 4 heteroatoms. The summed E-state index contributed by atoms with van der Waals surface area (Å²) in [6.45, 7) is 6.21. The molecular formula is C9H18N2O2. The lowest BCUT2D eigenvalue weighted by atomic mass is 10.0. The van der Waals surface area contributed by atoms with E-state index in [2.05, 4.69) is 5.32 Å². The van der Waals surface area contributed by atoms with E-state index in [1.54, 1.807) is 7.11 Å².